The minimum atomic E-state index is -0.865. The van der Waals surface area contributed by atoms with Gasteiger partial charge in [0, 0.05) is 0 Å². The maximum atomic E-state index is 9.38. The summed E-state index contributed by atoms with van der Waals surface area (Å²) in [5.74, 6) is 0.650. The van der Waals surface area contributed by atoms with Crippen LogP contribution in [0.2, 0.25) is 0 Å². The fourth-order valence-electron chi connectivity index (χ4n) is 1.33. The van der Waals surface area contributed by atoms with E-state index in [1.165, 1.54) is 0 Å². The van der Waals surface area contributed by atoms with Gasteiger partial charge < -0.3 is 20.1 Å². The van der Waals surface area contributed by atoms with Crippen LogP contribution in [-0.2, 0) is 0 Å². The van der Waals surface area contributed by atoms with E-state index in [2.05, 4.69) is 0 Å². The summed E-state index contributed by atoms with van der Waals surface area (Å²) in [5.41, 5.74) is 1.72. The monoisotopic (exact) mass is 226 g/mol. The lowest BCUT2D eigenvalue weighted by molar-refractivity contribution is 0.0533. The van der Waals surface area contributed by atoms with Gasteiger partial charge in [0.2, 0.25) is 0 Å². The second-order valence-electron chi connectivity index (χ2n) is 3.85. The molecule has 4 heteroatoms. The topological polar surface area (TPSA) is 69.9 Å². The molecule has 0 aliphatic carbocycles. The standard InChI is InChI=1S/C12H18O4/c1-8-5-10(9(2)14)3-4-12(8)16-7-11(15)6-13/h3-5,9,11,13-15H,6-7H2,1-2H3/t9-,11?/m0/s1. The van der Waals surface area contributed by atoms with Crippen LogP contribution in [0.4, 0.5) is 0 Å². The molecule has 1 aromatic rings. The zero-order valence-electron chi connectivity index (χ0n) is 9.55. The van der Waals surface area contributed by atoms with E-state index in [-0.39, 0.29) is 13.2 Å². The van der Waals surface area contributed by atoms with Gasteiger partial charge in [-0.05, 0) is 37.1 Å². The highest BCUT2D eigenvalue weighted by Gasteiger charge is 2.07. The highest BCUT2D eigenvalue weighted by molar-refractivity contribution is 5.36. The van der Waals surface area contributed by atoms with Crippen LogP contribution >= 0.6 is 0 Å². The molecule has 0 bridgehead atoms. The van der Waals surface area contributed by atoms with Crippen molar-refractivity contribution >= 4 is 0 Å². The average molecular weight is 226 g/mol. The maximum Gasteiger partial charge on any atom is 0.122 e. The van der Waals surface area contributed by atoms with Gasteiger partial charge in [0.15, 0.2) is 0 Å². The third-order valence-corrected chi connectivity index (χ3v) is 2.32. The largest absolute Gasteiger partial charge is 0.491 e. The number of hydrogen-bond acceptors (Lipinski definition) is 4. The summed E-state index contributed by atoms with van der Waals surface area (Å²) < 4.78 is 5.33. The van der Waals surface area contributed by atoms with E-state index in [9.17, 15) is 5.11 Å². The number of ether oxygens (including phenoxy) is 1. The number of benzene rings is 1. The summed E-state index contributed by atoms with van der Waals surface area (Å²) in [5, 5.41) is 27.2. The van der Waals surface area contributed by atoms with Crippen molar-refractivity contribution in [3.05, 3.63) is 29.3 Å². The van der Waals surface area contributed by atoms with Crippen molar-refractivity contribution in [1.29, 1.82) is 0 Å². The van der Waals surface area contributed by atoms with Crippen LogP contribution in [0.3, 0.4) is 0 Å². The lowest BCUT2D eigenvalue weighted by Crippen LogP contribution is -2.21. The molecule has 0 saturated heterocycles. The Hall–Kier alpha value is -1.10. The van der Waals surface area contributed by atoms with E-state index in [1.807, 2.05) is 13.0 Å². The van der Waals surface area contributed by atoms with Gasteiger partial charge >= 0.3 is 0 Å². The predicted octanol–water partition coefficient (Wildman–Crippen LogP) is 0.780. The molecule has 0 aromatic heterocycles. The van der Waals surface area contributed by atoms with Crippen molar-refractivity contribution in [3.8, 4) is 5.75 Å². The zero-order valence-corrected chi connectivity index (χ0v) is 9.55. The van der Waals surface area contributed by atoms with E-state index in [0.29, 0.717) is 5.75 Å². The lowest BCUT2D eigenvalue weighted by Gasteiger charge is -2.13. The van der Waals surface area contributed by atoms with Crippen molar-refractivity contribution in [3.63, 3.8) is 0 Å². The fourth-order valence-corrected chi connectivity index (χ4v) is 1.33. The fraction of sp³-hybridized carbons (Fsp3) is 0.500. The smallest absolute Gasteiger partial charge is 0.122 e. The molecule has 0 spiro atoms. The molecule has 0 saturated carbocycles. The molecule has 1 aromatic carbocycles. The van der Waals surface area contributed by atoms with Gasteiger partial charge in [0.25, 0.3) is 0 Å². The molecule has 0 radical (unpaired) electrons. The Kier molecular flexibility index (Phi) is 4.73. The Bertz CT molecular complexity index is 336. The summed E-state index contributed by atoms with van der Waals surface area (Å²) in [6.45, 7) is 3.31. The van der Waals surface area contributed by atoms with Crippen LogP contribution in [0.1, 0.15) is 24.2 Å². The van der Waals surface area contributed by atoms with Gasteiger partial charge in [-0.25, -0.2) is 0 Å². The first-order chi connectivity index (χ1) is 7.54. The molecule has 1 unspecified atom stereocenters. The van der Waals surface area contributed by atoms with Gasteiger partial charge in [-0.1, -0.05) is 6.07 Å². The molecule has 16 heavy (non-hydrogen) atoms. The van der Waals surface area contributed by atoms with Crippen molar-refractivity contribution in [2.75, 3.05) is 13.2 Å². The van der Waals surface area contributed by atoms with E-state index >= 15 is 0 Å². The average Bonchev–Trinajstić information content (AvgIpc) is 2.26. The Labute approximate surface area is 95.1 Å². The molecule has 0 aliphatic rings. The number of aryl methyl sites for hydroxylation is 1. The second-order valence-corrected chi connectivity index (χ2v) is 3.85. The molecule has 0 amide bonds. The molecular weight excluding hydrogens is 208 g/mol. The van der Waals surface area contributed by atoms with E-state index in [1.54, 1.807) is 19.1 Å². The highest BCUT2D eigenvalue weighted by atomic mass is 16.5. The van der Waals surface area contributed by atoms with Gasteiger partial charge in [0.1, 0.15) is 18.5 Å². The molecule has 0 fully saturated rings. The molecular formula is C12H18O4. The van der Waals surface area contributed by atoms with Crippen LogP contribution < -0.4 is 4.74 Å². The van der Waals surface area contributed by atoms with Crippen molar-refractivity contribution < 1.29 is 20.1 Å². The first-order valence-electron chi connectivity index (χ1n) is 5.25. The van der Waals surface area contributed by atoms with Crippen molar-refractivity contribution in [2.45, 2.75) is 26.1 Å². The molecule has 1 rings (SSSR count). The predicted molar refractivity (Wildman–Crippen MR) is 60.4 cm³/mol. The number of hydrogen-bond donors (Lipinski definition) is 3. The Morgan fingerprint density at radius 3 is 2.50 bits per heavy atom. The SMILES string of the molecule is Cc1cc([C@H](C)O)ccc1OCC(O)CO. The Morgan fingerprint density at radius 1 is 1.31 bits per heavy atom. The first kappa shape index (κ1) is 13.0. The summed E-state index contributed by atoms with van der Waals surface area (Å²) >= 11 is 0. The van der Waals surface area contributed by atoms with Gasteiger partial charge in [0.05, 0.1) is 12.7 Å². The summed E-state index contributed by atoms with van der Waals surface area (Å²) in [6, 6.07) is 5.37. The van der Waals surface area contributed by atoms with Crippen LogP contribution in [0, 0.1) is 6.92 Å². The van der Waals surface area contributed by atoms with E-state index < -0.39 is 12.2 Å². The number of aliphatic hydroxyl groups excluding tert-OH is 3. The van der Waals surface area contributed by atoms with Gasteiger partial charge in [-0.15, -0.1) is 0 Å². The number of aliphatic hydroxyl groups is 3. The van der Waals surface area contributed by atoms with Crippen LogP contribution in [-0.4, -0.2) is 34.6 Å². The molecule has 0 aliphatic heterocycles. The van der Waals surface area contributed by atoms with Crippen LogP contribution in [0.25, 0.3) is 0 Å². The van der Waals surface area contributed by atoms with E-state index in [4.69, 9.17) is 14.9 Å². The Balaban J connectivity index is 2.68. The lowest BCUT2D eigenvalue weighted by atomic mass is 10.1. The van der Waals surface area contributed by atoms with Crippen LogP contribution in [0.15, 0.2) is 18.2 Å². The summed E-state index contributed by atoms with van der Waals surface area (Å²) in [4.78, 5) is 0. The Morgan fingerprint density at radius 2 is 2.00 bits per heavy atom. The van der Waals surface area contributed by atoms with Gasteiger partial charge in [-0.2, -0.15) is 0 Å². The maximum absolute atomic E-state index is 9.38. The molecule has 2 atom stereocenters. The quantitative estimate of drug-likeness (QED) is 0.694. The highest BCUT2D eigenvalue weighted by Crippen LogP contribution is 2.22. The van der Waals surface area contributed by atoms with Crippen LogP contribution in [0.5, 0.6) is 5.75 Å². The normalized spacial score (nSPS) is 14.6. The summed E-state index contributed by atoms with van der Waals surface area (Å²) in [7, 11) is 0. The third-order valence-electron chi connectivity index (χ3n) is 2.32. The zero-order chi connectivity index (χ0) is 12.1. The molecule has 3 N–H and O–H groups in total. The molecule has 0 heterocycles. The minimum absolute atomic E-state index is 0.0609. The second kappa shape index (κ2) is 5.84. The summed E-state index contributed by atoms with van der Waals surface area (Å²) in [6.07, 6.45) is -1.37. The van der Waals surface area contributed by atoms with E-state index in [0.717, 1.165) is 11.1 Å². The van der Waals surface area contributed by atoms with Crippen molar-refractivity contribution in [2.24, 2.45) is 0 Å². The van der Waals surface area contributed by atoms with Crippen molar-refractivity contribution in [1.82, 2.24) is 0 Å². The van der Waals surface area contributed by atoms with Gasteiger partial charge in [-0.3, -0.25) is 0 Å². The molecule has 90 valence electrons. The minimum Gasteiger partial charge on any atom is -0.491 e. The first-order valence-corrected chi connectivity index (χ1v) is 5.25. The third kappa shape index (κ3) is 3.48. The molecule has 4 nitrogen and oxygen atoms in total. The number of rotatable bonds is 5.